The second-order valence-corrected chi connectivity index (χ2v) is 15.3. The molecule has 27 heavy (non-hydrogen) atoms. The number of ether oxygens (including phenoxy) is 1. The molecule has 0 radical (unpaired) electrons. The van der Waals surface area contributed by atoms with Gasteiger partial charge in [0.25, 0.3) is 0 Å². The van der Waals surface area contributed by atoms with Gasteiger partial charge in [-0.2, -0.15) is 4.79 Å². The van der Waals surface area contributed by atoms with Crippen molar-refractivity contribution < 1.29 is 18.7 Å². The molecule has 0 bridgehead atoms. The molecule has 0 aliphatic heterocycles. The van der Waals surface area contributed by atoms with Crippen LogP contribution in [0, 0.1) is 3.57 Å². The molecule has 8 heteroatoms. The van der Waals surface area contributed by atoms with Gasteiger partial charge in [0.1, 0.15) is 5.60 Å². The molecular formula is C19H28ClIN2O3Si. The lowest BCUT2D eigenvalue weighted by atomic mass is 10.0. The zero-order valence-corrected chi connectivity index (χ0v) is 21.1. The number of halogens is 2. The third-order valence-electron chi connectivity index (χ3n) is 4.43. The molecule has 0 fully saturated rings. The van der Waals surface area contributed by atoms with Gasteiger partial charge in [-0.25, -0.2) is 4.79 Å². The van der Waals surface area contributed by atoms with E-state index >= 15 is 0 Å². The van der Waals surface area contributed by atoms with Crippen molar-refractivity contribution in [1.29, 1.82) is 0 Å². The highest BCUT2D eigenvalue weighted by Crippen LogP contribution is 2.41. The highest BCUT2D eigenvalue weighted by atomic mass is 127. The minimum atomic E-state index is -2.31. The van der Waals surface area contributed by atoms with Gasteiger partial charge in [0, 0.05) is 14.2 Å². The summed E-state index contributed by atoms with van der Waals surface area (Å²) >= 11 is 8.22. The first-order valence-corrected chi connectivity index (χ1v) is 13.0. The Kier molecular flexibility index (Phi) is 7.87. The number of nitrogens with zero attached hydrogens (tertiary/aromatic N) is 2. The summed E-state index contributed by atoms with van der Waals surface area (Å²) in [6.45, 7) is 15.7. The molecule has 0 aliphatic carbocycles. The van der Waals surface area contributed by atoms with Gasteiger partial charge in [0.05, 0.1) is 0 Å². The van der Waals surface area contributed by atoms with Crippen molar-refractivity contribution in [3.05, 3.63) is 37.9 Å². The Morgan fingerprint density at radius 1 is 1.22 bits per heavy atom. The number of benzene rings is 1. The van der Waals surface area contributed by atoms with Crippen LogP contribution in [-0.4, -0.2) is 30.4 Å². The third-order valence-corrected chi connectivity index (χ3v) is 10.0. The first kappa shape index (κ1) is 24.3. The minimum Gasteiger partial charge on any atom is -0.451 e. The fraction of sp³-hybridized carbons (Fsp3) is 0.579. The molecule has 1 atom stereocenters. The molecule has 0 N–H and O–H groups in total. The van der Waals surface area contributed by atoms with E-state index in [0.717, 1.165) is 3.57 Å². The van der Waals surface area contributed by atoms with Gasteiger partial charge in [0.2, 0.25) is 0 Å². The van der Waals surface area contributed by atoms with Crippen molar-refractivity contribution in [2.45, 2.75) is 71.4 Å². The molecule has 1 aromatic rings. The lowest BCUT2D eigenvalue weighted by molar-refractivity contribution is -0.152. The maximum Gasteiger partial charge on any atom is 0.420 e. The molecule has 1 aromatic carbocycles. The van der Waals surface area contributed by atoms with E-state index in [4.69, 9.17) is 20.8 Å². The van der Waals surface area contributed by atoms with Crippen molar-refractivity contribution in [1.82, 2.24) is 0 Å². The smallest absolute Gasteiger partial charge is 0.420 e. The summed E-state index contributed by atoms with van der Waals surface area (Å²) in [4.78, 5) is 16.0. The van der Waals surface area contributed by atoms with E-state index in [9.17, 15) is 10.3 Å². The molecule has 0 aliphatic rings. The third kappa shape index (κ3) is 6.68. The van der Waals surface area contributed by atoms with Gasteiger partial charge in [-0.05, 0) is 73.6 Å². The molecule has 1 rings (SSSR count). The zero-order valence-electron chi connectivity index (χ0n) is 17.2. The van der Waals surface area contributed by atoms with E-state index in [1.807, 2.05) is 0 Å². The first-order valence-electron chi connectivity index (χ1n) is 8.67. The second-order valence-electron chi connectivity index (χ2n) is 8.91. The van der Waals surface area contributed by atoms with Crippen molar-refractivity contribution in [3.63, 3.8) is 0 Å². The summed E-state index contributed by atoms with van der Waals surface area (Å²) in [6, 6.07) is 5.30. The Hall–Kier alpha value is -0.733. The van der Waals surface area contributed by atoms with Gasteiger partial charge in [-0.15, -0.1) is 0 Å². The Bertz CT molecular complexity index is 763. The van der Waals surface area contributed by atoms with E-state index in [-0.39, 0.29) is 10.7 Å². The van der Waals surface area contributed by atoms with E-state index in [1.54, 1.807) is 39.0 Å². The lowest BCUT2D eigenvalue weighted by Gasteiger charge is -2.38. The Morgan fingerprint density at radius 3 is 2.19 bits per heavy atom. The number of rotatable bonds is 5. The molecule has 150 valence electrons. The lowest BCUT2D eigenvalue weighted by Crippen LogP contribution is -2.45. The molecule has 1 unspecified atom stereocenters. The van der Waals surface area contributed by atoms with E-state index in [2.05, 4.69) is 61.2 Å². The Labute approximate surface area is 181 Å². The number of hydrogen-bond acceptors (Lipinski definition) is 3. The topological polar surface area (TPSA) is 71.9 Å². The predicted molar refractivity (Wildman–Crippen MR) is 120 cm³/mol. The van der Waals surface area contributed by atoms with E-state index in [0.29, 0.717) is 10.6 Å². The van der Waals surface area contributed by atoms with Crippen LogP contribution in [0.1, 0.15) is 53.2 Å². The van der Waals surface area contributed by atoms with Crippen LogP contribution in [0.25, 0.3) is 5.53 Å². The highest BCUT2D eigenvalue weighted by molar-refractivity contribution is 14.1. The van der Waals surface area contributed by atoms with Crippen LogP contribution in [0.3, 0.4) is 0 Å². The summed E-state index contributed by atoms with van der Waals surface area (Å²) in [6.07, 6.45) is -0.852. The standard InChI is InChI=1S/C19H28ClIN2O3Si/c1-18(2,3)25-17(24)15(23-22)16(26-27(7,8)19(4,5)6)13-10-9-12(20)11-14(13)21/h9-11,16H,1-8H3. The molecular weight excluding hydrogens is 495 g/mol. The fourth-order valence-electron chi connectivity index (χ4n) is 1.98. The van der Waals surface area contributed by atoms with Crippen LogP contribution in [-0.2, 0) is 14.0 Å². The van der Waals surface area contributed by atoms with E-state index < -0.39 is 26.0 Å². The van der Waals surface area contributed by atoms with Crippen molar-refractivity contribution in [2.24, 2.45) is 0 Å². The fourth-order valence-corrected chi connectivity index (χ4v) is 4.32. The monoisotopic (exact) mass is 522 g/mol. The minimum absolute atomic E-state index is 0.0996. The largest absolute Gasteiger partial charge is 0.451 e. The molecule has 0 saturated heterocycles. The maximum absolute atomic E-state index is 12.7. The Morgan fingerprint density at radius 2 is 1.78 bits per heavy atom. The van der Waals surface area contributed by atoms with Crippen LogP contribution in [0.4, 0.5) is 0 Å². The second kappa shape index (κ2) is 8.74. The summed E-state index contributed by atoms with van der Waals surface area (Å²) in [7, 11) is -2.31. The average Bonchev–Trinajstić information content (AvgIpc) is 2.43. The first-order chi connectivity index (χ1) is 12.1. The molecule has 0 amide bonds. The molecule has 0 saturated carbocycles. The normalized spacial score (nSPS) is 13.7. The number of carbonyl (C=O) groups is 1. The predicted octanol–water partition coefficient (Wildman–Crippen LogP) is 6.02. The number of hydrogen-bond donors (Lipinski definition) is 0. The maximum atomic E-state index is 12.7. The van der Waals surface area contributed by atoms with Gasteiger partial charge in [0.15, 0.2) is 14.4 Å². The molecule has 0 aromatic heterocycles. The van der Waals surface area contributed by atoms with Gasteiger partial charge in [-0.1, -0.05) is 38.4 Å². The van der Waals surface area contributed by atoms with Crippen molar-refractivity contribution in [3.8, 4) is 0 Å². The van der Waals surface area contributed by atoms with Crippen molar-refractivity contribution in [2.75, 3.05) is 0 Å². The summed E-state index contributed by atoms with van der Waals surface area (Å²) < 4.78 is 12.7. The number of carbonyl (C=O) groups excluding carboxylic acids is 1. The molecule has 5 nitrogen and oxygen atoms in total. The zero-order chi connectivity index (χ0) is 21.2. The van der Waals surface area contributed by atoms with Crippen LogP contribution in [0.15, 0.2) is 18.2 Å². The van der Waals surface area contributed by atoms with Gasteiger partial charge in [-0.3, -0.25) is 0 Å². The average molecular weight is 523 g/mol. The van der Waals surface area contributed by atoms with E-state index in [1.165, 1.54) is 0 Å². The van der Waals surface area contributed by atoms with Gasteiger partial charge >= 0.3 is 11.7 Å². The molecule has 0 heterocycles. The quantitative estimate of drug-likeness (QED) is 0.119. The van der Waals surface area contributed by atoms with Crippen LogP contribution >= 0.6 is 34.2 Å². The Balaban J connectivity index is 3.49. The van der Waals surface area contributed by atoms with Crippen LogP contribution in [0.5, 0.6) is 0 Å². The highest BCUT2D eigenvalue weighted by Gasteiger charge is 2.46. The SMILES string of the molecule is CC(C)(C)OC(=O)C(=[N+]=[N-])C(O[Si](C)(C)C(C)(C)C)c1ccc(Cl)cc1I. The van der Waals surface area contributed by atoms with Crippen LogP contribution < -0.4 is 0 Å². The summed E-state index contributed by atoms with van der Waals surface area (Å²) in [5.41, 5.74) is 9.48. The summed E-state index contributed by atoms with van der Waals surface area (Å²) in [5.74, 6) is -0.709. The number of esters is 1. The molecule has 0 spiro atoms. The van der Waals surface area contributed by atoms with Crippen molar-refractivity contribution >= 4 is 54.2 Å². The van der Waals surface area contributed by atoms with Crippen LogP contribution in [0.2, 0.25) is 23.2 Å². The van der Waals surface area contributed by atoms with Gasteiger partial charge < -0.3 is 14.7 Å². The summed E-state index contributed by atoms with van der Waals surface area (Å²) in [5, 5.41) is 0.478.